The fraction of sp³-hybridized carbons (Fsp3) is 0.0500. The van der Waals surface area contributed by atoms with E-state index in [1.165, 1.54) is 11.9 Å². The second-order valence-corrected chi connectivity index (χ2v) is 6.79. The summed E-state index contributed by atoms with van der Waals surface area (Å²) in [6.45, 7) is 1.87. The molecule has 26 heavy (non-hydrogen) atoms. The van der Waals surface area contributed by atoms with E-state index in [2.05, 4.69) is 9.97 Å². The SMILES string of the molecule is Cc1nc(-c2ccccc2)nc2c1cc(C(=O)O)n2Sc1ccccc1. The van der Waals surface area contributed by atoms with Gasteiger partial charge in [0.2, 0.25) is 0 Å². The summed E-state index contributed by atoms with van der Waals surface area (Å²) >= 11 is 1.34. The smallest absolute Gasteiger partial charge is 0.353 e. The molecule has 0 amide bonds. The van der Waals surface area contributed by atoms with Crippen molar-refractivity contribution in [3.8, 4) is 11.4 Å². The molecule has 0 saturated carbocycles. The van der Waals surface area contributed by atoms with E-state index in [1.807, 2.05) is 67.6 Å². The normalized spacial score (nSPS) is 11.0. The molecule has 128 valence electrons. The first kappa shape index (κ1) is 16.4. The number of carboxylic acid groups (broad SMARTS) is 1. The van der Waals surface area contributed by atoms with Crippen LogP contribution in [0.15, 0.2) is 71.6 Å². The summed E-state index contributed by atoms with van der Waals surface area (Å²) in [5.41, 5.74) is 2.43. The Bertz CT molecular complexity index is 1090. The molecule has 0 saturated heterocycles. The highest BCUT2D eigenvalue weighted by atomic mass is 32.2. The van der Waals surface area contributed by atoms with Crippen LogP contribution in [0, 0.1) is 6.92 Å². The van der Waals surface area contributed by atoms with Gasteiger partial charge >= 0.3 is 5.97 Å². The molecule has 0 aliphatic heterocycles. The molecule has 0 atom stereocenters. The predicted molar refractivity (Wildman–Crippen MR) is 102 cm³/mol. The molecule has 2 heterocycles. The van der Waals surface area contributed by atoms with E-state index < -0.39 is 5.97 Å². The molecular formula is C20H15N3O2S. The van der Waals surface area contributed by atoms with Crippen LogP contribution in [0.1, 0.15) is 16.2 Å². The van der Waals surface area contributed by atoms with Crippen LogP contribution in [0.4, 0.5) is 0 Å². The second kappa shape index (κ2) is 6.65. The van der Waals surface area contributed by atoms with Gasteiger partial charge in [-0.25, -0.2) is 14.8 Å². The molecule has 5 nitrogen and oxygen atoms in total. The second-order valence-electron chi connectivity index (χ2n) is 5.77. The summed E-state index contributed by atoms with van der Waals surface area (Å²) in [5, 5.41) is 10.4. The molecule has 2 aromatic carbocycles. The minimum Gasteiger partial charge on any atom is -0.477 e. The van der Waals surface area contributed by atoms with Crippen molar-refractivity contribution in [3.05, 3.63) is 78.1 Å². The number of benzene rings is 2. The Morgan fingerprint density at radius 3 is 2.31 bits per heavy atom. The van der Waals surface area contributed by atoms with Crippen molar-refractivity contribution < 1.29 is 9.90 Å². The summed E-state index contributed by atoms with van der Waals surface area (Å²) < 4.78 is 1.66. The largest absolute Gasteiger partial charge is 0.477 e. The van der Waals surface area contributed by atoms with Crippen molar-refractivity contribution in [2.75, 3.05) is 0 Å². The van der Waals surface area contributed by atoms with Crippen LogP contribution in [0.3, 0.4) is 0 Å². The summed E-state index contributed by atoms with van der Waals surface area (Å²) in [6, 6.07) is 21.0. The van der Waals surface area contributed by atoms with E-state index >= 15 is 0 Å². The highest BCUT2D eigenvalue weighted by Gasteiger charge is 2.20. The zero-order valence-electron chi connectivity index (χ0n) is 14.0. The van der Waals surface area contributed by atoms with Gasteiger partial charge in [0.1, 0.15) is 5.69 Å². The molecule has 4 rings (SSSR count). The van der Waals surface area contributed by atoms with E-state index in [4.69, 9.17) is 0 Å². The van der Waals surface area contributed by atoms with Gasteiger partial charge in [-0.3, -0.25) is 3.97 Å². The van der Waals surface area contributed by atoms with Crippen molar-refractivity contribution in [2.24, 2.45) is 0 Å². The summed E-state index contributed by atoms with van der Waals surface area (Å²) in [6.07, 6.45) is 0. The molecule has 0 aliphatic carbocycles. The Balaban J connectivity index is 1.94. The van der Waals surface area contributed by atoms with Gasteiger partial charge in [-0.05, 0) is 37.1 Å². The number of carbonyl (C=O) groups is 1. The minimum absolute atomic E-state index is 0.177. The Kier molecular flexibility index (Phi) is 4.18. The summed E-state index contributed by atoms with van der Waals surface area (Å²) in [7, 11) is 0. The maximum atomic E-state index is 11.8. The third-order valence-corrected chi connectivity index (χ3v) is 5.03. The zero-order valence-corrected chi connectivity index (χ0v) is 14.8. The van der Waals surface area contributed by atoms with Crippen LogP contribution in [0.5, 0.6) is 0 Å². The summed E-state index contributed by atoms with van der Waals surface area (Å²) in [5.74, 6) is -0.410. The van der Waals surface area contributed by atoms with E-state index in [9.17, 15) is 9.90 Å². The molecule has 0 aliphatic rings. The lowest BCUT2D eigenvalue weighted by Gasteiger charge is -2.08. The minimum atomic E-state index is -0.993. The van der Waals surface area contributed by atoms with Crippen LogP contribution >= 0.6 is 11.9 Å². The molecule has 4 aromatic rings. The van der Waals surface area contributed by atoms with Crippen LogP contribution in [0.25, 0.3) is 22.4 Å². The van der Waals surface area contributed by atoms with Gasteiger partial charge in [0.25, 0.3) is 0 Å². The third-order valence-electron chi connectivity index (χ3n) is 4.00. The average Bonchev–Trinajstić information content (AvgIpc) is 3.03. The lowest BCUT2D eigenvalue weighted by Crippen LogP contribution is -2.04. The molecule has 2 aromatic heterocycles. The Hall–Kier alpha value is -3.12. The number of aromatic nitrogens is 3. The van der Waals surface area contributed by atoms with Gasteiger partial charge < -0.3 is 5.11 Å². The Morgan fingerprint density at radius 1 is 1.00 bits per heavy atom. The van der Waals surface area contributed by atoms with E-state index in [-0.39, 0.29) is 5.69 Å². The standard InChI is InChI=1S/C20H15N3O2S/c1-13-16-12-17(20(24)25)23(26-15-10-6-3-7-11-15)19(16)22-18(21-13)14-8-4-2-5-9-14/h2-12H,1H3,(H,24,25). The summed E-state index contributed by atoms with van der Waals surface area (Å²) in [4.78, 5) is 21.9. The van der Waals surface area contributed by atoms with Crippen LogP contribution in [-0.4, -0.2) is 25.0 Å². The van der Waals surface area contributed by atoms with E-state index in [1.54, 1.807) is 10.0 Å². The number of fused-ring (bicyclic) bond motifs is 1. The maximum absolute atomic E-state index is 11.8. The van der Waals surface area contributed by atoms with Crippen LogP contribution < -0.4 is 0 Å². The first-order valence-electron chi connectivity index (χ1n) is 8.05. The molecule has 0 spiro atoms. The molecule has 6 heteroatoms. The fourth-order valence-corrected chi connectivity index (χ4v) is 3.69. The number of hydrogen-bond donors (Lipinski definition) is 1. The zero-order chi connectivity index (χ0) is 18.1. The van der Waals surface area contributed by atoms with Gasteiger partial charge in [-0.15, -0.1) is 0 Å². The van der Waals surface area contributed by atoms with Gasteiger partial charge in [-0.2, -0.15) is 0 Å². The Labute approximate surface area is 154 Å². The van der Waals surface area contributed by atoms with Crippen LogP contribution in [0.2, 0.25) is 0 Å². The number of carboxylic acids is 1. The maximum Gasteiger partial charge on any atom is 0.353 e. The predicted octanol–water partition coefficient (Wildman–Crippen LogP) is 4.66. The van der Waals surface area contributed by atoms with Gasteiger partial charge in [0.15, 0.2) is 11.5 Å². The highest BCUT2D eigenvalue weighted by molar-refractivity contribution is 7.98. The number of rotatable bonds is 4. The van der Waals surface area contributed by atoms with Gasteiger partial charge in [-0.1, -0.05) is 48.5 Å². The van der Waals surface area contributed by atoms with Crippen molar-refractivity contribution >= 4 is 29.0 Å². The van der Waals surface area contributed by atoms with Crippen LogP contribution in [-0.2, 0) is 0 Å². The number of nitrogens with zero attached hydrogens (tertiary/aromatic N) is 3. The number of aromatic carboxylic acids is 1. The Morgan fingerprint density at radius 2 is 1.65 bits per heavy atom. The van der Waals surface area contributed by atoms with Gasteiger partial charge in [0.05, 0.1) is 5.69 Å². The third kappa shape index (κ3) is 2.95. The topological polar surface area (TPSA) is 68.0 Å². The fourth-order valence-electron chi connectivity index (χ4n) is 2.74. The van der Waals surface area contributed by atoms with Gasteiger partial charge in [0, 0.05) is 15.8 Å². The van der Waals surface area contributed by atoms with Crippen molar-refractivity contribution in [3.63, 3.8) is 0 Å². The number of aryl methyl sites for hydroxylation is 1. The molecule has 0 radical (unpaired) electrons. The lowest BCUT2D eigenvalue weighted by atomic mass is 10.2. The number of hydrogen-bond acceptors (Lipinski definition) is 4. The molecule has 0 bridgehead atoms. The first-order chi connectivity index (χ1) is 12.6. The lowest BCUT2D eigenvalue weighted by molar-refractivity contribution is 0.0690. The van der Waals surface area contributed by atoms with Crippen molar-refractivity contribution in [1.82, 2.24) is 13.9 Å². The molecular weight excluding hydrogens is 346 g/mol. The van der Waals surface area contributed by atoms with E-state index in [0.29, 0.717) is 11.5 Å². The monoisotopic (exact) mass is 361 g/mol. The molecule has 0 unspecified atom stereocenters. The average molecular weight is 361 g/mol. The van der Waals surface area contributed by atoms with Crippen molar-refractivity contribution in [1.29, 1.82) is 0 Å². The molecule has 1 N–H and O–H groups in total. The quantitative estimate of drug-likeness (QED) is 0.572. The molecule has 0 fully saturated rings. The highest BCUT2D eigenvalue weighted by Crippen LogP contribution is 2.31. The van der Waals surface area contributed by atoms with E-state index in [0.717, 1.165) is 21.5 Å². The first-order valence-corrected chi connectivity index (χ1v) is 8.83. The van der Waals surface area contributed by atoms with Crippen molar-refractivity contribution in [2.45, 2.75) is 11.8 Å².